The van der Waals surface area contributed by atoms with Crippen LogP contribution in [0.2, 0.25) is 0 Å². The number of fused-ring (bicyclic) bond motifs is 2. The van der Waals surface area contributed by atoms with E-state index in [0.717, 1.165) is 5.56 Å². The van der Waals surface area contributed by atoms with Crippen molar-refractivity contribution < 1.29 is 23.8 Å². The van der Waals surface area contributed by atoms with E-state index in [9.17, 15) is 9.59 Å². The van der Waals surface area contributed by atoms with Gasteiger partial charge in [0.15, 0.2) is 11.5 Å². The predicted octanol–water partition coefficient (Wildman–Crippen LogP) is 2.06. The van der Waals surface area contributed by atoms with Crippen LogP contribution in [0.15, 0.2) is 48.5 Å². The highest BCUT2D eigenvalue weighted by Gasteiger charge is 2.39. The zero-order valence-corrected chi connectivity index (χ0v) is 21.7. The van der Waals surface area contributed by atoms with Crippen LogP contribution < -0.4 is 11.1 Å². The first-order valence-electron chi connectivity index (χ1n) is 12.8. The summed E-state index contributed by atoms with van der Waals surface area (Å²) in [5.41, 5.74) is 7.20. The summed E-state index contributed by atoms with van der Waals surface area (Å²) in [5.74, 6) is 0.866. The Bertz CT molecular complexity index is 1260. The molecule has 2 aliphatic rings. The lowest BCUT2D eigenvalue weighted by atomic mass is 10.0. The molecule has 3 N–H and O–H groups in total. The third kappa shape index (κ3) is 5.79. The fourth-order valence-electron chi connectivity index (χ4n) is 4.83. The zero-order valence-electron chi connectivity index (χ0n) is 21.7. The topological polar surface area (TPSA) is 133 Å². The number of likely N-dealkylation sites (tertiary alicyclic amines) is 1. The molecule has 5 rings (SSSR count). The fourth-order valence-corrected chi connectivity index (χ4v) is 4.83. The number of aromatic nitrogens is 3. The minimum absolute atomic E-state index is 0.0253. The van der Waals surface area contributed by atoms with Gasteiger partial charge in [-0.2, -0.15) is 0 Å². The van der Waals surface area contributed by atoms with Gasteiger partial charge in [0.05, 0.1) is 37.7 Å². The highest BCUT2D eigenvalue weighted by atomic mass is 16.6. The number of nitrogens with zero attached hydrogens (tertiary/aromatic N) is 4. The Labute approximate surface area is 221 Å². The summed E-state index contributed by atoms with van der Waals surface area (Å²) >= 11 is 0. The summed E-state index contributed by atoms with van der Waals surface area (Å²) in [6.45, 7) is 6.48. The maximum absolute atomic E-state index is 12.8. The standard InChI is InChI=1S/C27H34N6O5/c1-27(2,28)25(34)29-22(17-36-13-18-7-4-3-5-8-18)24-31-30-23-10-6-9-21(33(23)24)16-38-26(35)32-11-19-14-37-15-20(19)12-32/h3-10,19-20,22H,11-17,28H2,1-2H3,(H,29,34)/t19?,20?,22-/m1/s1. The van der Waals surface area contributed by atoms with Crippen molar-refractivity contribution in [1.82, 2.24) is 24.8 Å². The van der Waals surface area contributed by atoms with Crippen LogP contribution in [-0.4, -0.2) is 69.9 Å². The molecular formula is C27H34N6O5. The van der Waals surface area contributed by atoms with E-state index in [-0.39, 0.29) is 25.2 Å². The average Bonchev–Trinajstić information content (AvgIpc) is 3.62. The van der Waals surface area contributed by atoms with Gasteiger partial charge in [-0.3, -0.25) is 9.20 Å². The first-order valence-corrected chi connectivity index (χ1v) is 12.8. The Morgan fingerprint density at radius 2 is 1.82 bits per heavy atom. The number of nitrogens with two attached hydrogens (primary N) is 1. The number of nitrogens with one attached hydrogen (secondary N) is 1. The number of pyridine rings is 1. The third-order valence-corrected chi connectivity index (χ3v) is 6.97. The third-order valence-electron chi connectivity index (χ3n) is 6.97. The summed E-state index contributed by atoms with van der Waals surface area (Å²) in [4.78, 5) is 27.4. The molecule has 2 fully saturated rings. The van der Waals surface area contributed by atoms with Crippen molar-refractivity contribution in [2.45, 2.75) is 38.6 Å². The molecule has 0 spiro atoms. The minimum Gasteiger partial charge on any atom is -0.443 e. The second-order valence-corrected chi connectivity index (χ2v) is 10.5. The minimum atomic E-state index is -1.10. The van der Waals surface area contributed by atoms with Gasteiger partial charge in [-0.05, 0) is 31.5 Å². The van der Waals surface area contributed by atoms with Crippen LogP contribution in [0.4, 0.5) is 4.79 Å². The molecule has 2 amide bonds. The Morgan fingerprint density at radius 3 is 2.53 bits per heavy atom. The molecule has 2 aliphatic heterocycles. The molecule has 11 heteroatoms. The van der Waals surface area contributed by atoms with E-state index in [1.54, 1.807) is 29.2 Å². The molecule has 0 aliphatic carbocycles. The number of amides is 2. The van der Waals surface area contributed by atoms with E-state index in [1.165, 1.54) is 0 Å². The smallest absolute Gasteiger partial charge is 0.410 e. The number of hydrogen-bond acceptors (Lipinski definition) is 8. The second kappa shape index (κ2) is 11.1. The van der Waals surface area contributed by atoms with Crippen LogP contribution >= 0.6 is 0 Å². The van der Waals surface area contributed by atoms with Gasteiger partial charge in [0.25, 0.3) is 0 Å². The molecule has 3 aromatic rings. The van der Waals surface area contributed by atoms with Crippen LogP contribution in [0.5, 0.6) is 0 Å². The quantitative estimate of drug-likeness (QED) is 0.436. The van der Waals surface area contributed by atoms with E-state index >= 15 is 0 Å². The van der Waals surface area contributed by atoms with Crippen molar-refractivity contribution in [3.05, 3.63) is 65.6 Å². The van der Waals surface area contributed by atoms with Crippen molar-refractivity contribution in [2.24, 2.45) is 17.6 Å². The molecule has 0 saturated carbocycles. The van der Waals surface area contributed by atoms with Crippen LogP contribution in [-0.2, 0) is 32.2 Å². The number of carbonyl (C=O) groups is 2. The zero-order chi connectivity index (χ0) is 26.7. The highest BCUT2D eigenvalue weighted by molar-refractivity contribution is 5.85. The van der Waals surface area contributed by atoms with Gasteiger partial charge in [0.2, 0.25) is 5.91 Å². The summed E-state index contributed by atoms with van der Waals surface area (Å²) in [5, 5.41) is 11.6. The van der Waals surface area contributed by atoms with Gasteiger partial charge in [0, 0.05) is 24.9 Å². The molecule has 202 valence electrons. The SMILES string of the molecule is CC(C)(N)C(=O)N[C@H](COCc1ccccc1)c1nnc2cccc(COC(=O)N3CC4COCC4C3)n12. The van der Waals surface area contributed by atoms with Crippen LogP contribution in [0.25, 0.3) is 5.65 Å². The summed E-state index contributed by atoms with van der Waals surface area (Å²) in [6.07, 6.45) is -0.355. The van der Waals surface area contributed by atoms with Crippen molar-refractivity contribution in [1.29, 1.82) is 0 Å². The highest BCUT2D eigenvalue weighted by Crippen LogP contribution is 2.29. The van der Waals surface area contributed by atoms with Crippen molar-refractivity contribution in [3.8, 4) is 0 Å². The molecule has 0 radical (unpaired) electrons. The molecule has 2 saturated heterocycles. The number of benzene rings is 1. The Morgan fingerprint density at radius 1 is 1.08 bits per heavy atom. The largest absolute Gasteiger partial charge is 0.443 e. The van der Waals surface area contributed by atoms with Crippen molar-refractivity contribution >= 4 is 17.6 Å². The molecule has 3 atom stereocenters. The van der Waals surface area contributed by atoms with E-state index in [1.807, 2.05) is 42.5 Å². The van der Waals surface area contributed by atoms with E-state index in [4.69, 9.17) is 19.9 Å². The summed E-state index contributed by atoms with van der Waals surface area (Å²) in [7, 11) is 0. The number of carbonyl (C=O) groups excluding carboxylic acids is 2. The number of ether oxygens (including phenoxy) is 3. The number of hydrogen-bond donors (Lipinski definition) is 2. The molecule has 4 heterocycles. The van der Waals surface area contributed by atoms with Gasteiger partial charge in [0.1, 0.15) is 12.6 Å². The van der Waals surface area contributed by atoms with Crippen molar-refractivity contribution in [3.63, 3.8) is 0 Å². The molecular weight excluding hydrogens is 488 g/mol. The summed E-state index contributed by atoms with van der Waals surface area (Å²) < 4.78 is 19.0. The lowest BCUT2D eigenvalue weighted by Gasteiger charge is -2.24. The van der Waals surface area contributed by atoms with E-state index in [0.29, 0.717) is 61.9 Å². The van der Waals surface area contributed by atoms with Gasteiger partial charge in [-0.15, -0.1) is 10.2 Å². The Hall–Kier alpha value is -3.54. The maximum Gasteiger partial charge on any atom is 0.410 e. The van der Waals surface area contributed by atoms with Crippen LogP contribution in [0.1, 0.15) is 37.0 Å². The predicted molar refractivity (Wildman–Crippen MR) is 138 cm³/mol. The lowest BCUT2D eigenvalue weighted by molar-refractivity contribution is -0.126. The first-order chi connectivity index (χ1) is 18.3. The fraction of sp³-hybridized carbons (Fsp3) is 0.481. The van der Waals surface area contributed by atoms with Gasteiger partial charge in [-0.1, -0.05) is 36.4 Å². The van der Waals surface area contributed by atoms with Gasteiger partial charge >= 0.3 is 6.09 Å². The molecule has 1 aromatic carbocycles. The Kier molecular flexibility index (Phi) is 7.59. The second-order valence-electron chi connectivity index (χ2n) is 10.5. The van der Waals surface area contributed by atoms with Gasteiger partial charge < -0.3 is 30.2 Å². The van der Waals surface area contributed by atoms with Crippen LogP contribution in [0.3, 0.4) is 0 Å². The molecule has 38 heavy (non-hydrogen) atoms. The van der Waals surface area contributed by atoms with Gasteiger partial charge in [-0.25, -0.2) is 4.79 Å². The lowest BCUT2D eigenvalue weighted by Crippen LogP contribution is -2.51. The summed E-state index contributed by atoms with van der Waals surface area (Å²) in [6, 6.07) is 14.6. The molecule has 11 nitrogen and oxygen atoms in total. The first kappa shape index (κ1) is 26.1. The molecule has 2 aromatic heterocycles. The normalized spacial score (nSPS) is 19.9. The van der Waals surface area contributed by atoms with Crippen LogP contribution in [0, 0.1) is 11.8 Å². The molecule has 0 bridgehead atoms. The van der Waals surface area contributed by atoms with Crippen molar-refractivity contribution in [2.75, 3.05) is 32.9 Å². The molecule has 2 unspecified atom stereocenters. The monoisotopic (exact) mass is 522 g/mol. The average molecular weight is 523 g/mol. The van der Waals surface area contributed by atoms with E-state index < -0.39 is 11.6 Å². The Balaban J connectivity index is 1.33. The van der Waals surface area contributed by atoms with E-state index in [2.05, 4.69) is 15.5 Å². The maximum atomic E-state index is 12.8. The number of rotatable bonds is 9.